The third-order valence-corrected chi connectivity index (χ3v) is 7.06. The average molecular weight is 560 g/mol. The summed E-state index contributed by atoms with van der Waals surface area (Å²) in [5, 5.41) is 3.30. The number of amides is 1. The maximum atomic E-state index is 14.0. The Kier molecular flexibility index (Phi) is 7.88. The highest BCUT2D eigenvalue weighted by molar-refractivity contribution is 6.04. The van der Waals surface area contributed by atoms with Gasteiger partial charge in [-0.15, -0.1) is 0 Å². The number of carbonyl (C=O) groups excluding carboxylic acids is 1. The van der Waals surface area contributed by atoms with Crippen molar-refractivity contribution < 1.29 is 18.0 Å². The van der Waals surface area contributed by atoms with Crippen molar-refractivity contribution in [3.63, 3.8) is 0 Å². The molecule has 210 valence electrons. The van der Waals surface area contributed by atoms with Crippen LogP contribution in [0.1, 0.15) is 39.0 Å². The van der Waals surface area contributed by atoms with E-state index in [0.29, 0.717) is 35.0 Å². The summed E-state index contributed by atoms with van der Waals surface area (Å²) in [6, 6.07) is 9.34. The summed E-state index contributed by atoms with van der Waals surface area (Å²) in [7, 11) is 3.95. The molecular weight excluding hydrogens is 531 g/mol. The molecule has 0 bridgehead atoms. The molecular formula is C30H28F3N7O. The van der Waals surface area contributed by atoms with Gasteiger partial charge in [0.2, 0.25) is 0 Å². The lowest BCUT2D eigenvalue weighted by Gasteiger charge is -2.22. The Balaban J connectivity index is 1.33. The molecule has 1 saturated heterocycles. The molecule has 0 unspecified atom stereocenters. The maximum absolute atomic E-state index is 14.0. The van der Waals surface area contributed by atoms with Gasteiger partial charge < -0.3 is 16.0 Å². The molecule has 5 rings (SSSR count). The van der Waals surface area contributed by atoms with Gasteiger partial charge in [0.05, 0.1) is 16.7 Å². The van der Waals surface area contributed by atoms with Crippen molar-refractivity contribution in [2.24, 2.45) is 0 Å². The average Bonchev–Trinajstić information content (AvgIpc) is 3.42. The Morgan fingerprint density at radius 3 is 2.73 bits per heavy atom. The number of hydrogen-bond donors (Lipinski definition) is 2. The summed E-state index contributed by atoms with van der Waals surface area (Å²) in [6.07, 6.45) is 2.32. The molecule has 0 spiro atoms. The van der Waals surface area contributed by atoms with Crippen molar-refractivity contribution in [1.82, 2.24) is 24.8 Å². The fourth-order valence-electron chi connectivity index (χ4n) is 4.84. The number of carbonyl (C=O) groups is 1. The number of rotatable bonds is 5. The lowest BCUT2D eigenvalue weighted by Crippen LogP contribution is -2.31. The normalized spacial score (nSPS) is 15.6. The SMILES string of the molecule is CN(C)[C@@H]1CCN(Cc2ccc(NC(=O)c3cncc(C#Cc4cnc(N)c5ncccc45)c3)cc2C(F)(F)F)C1. The standard InChI is InChI=1S/C30H28F3N7O/c1-39(2)24-9-11-40(18-24)17-21-7-8-23(13-26(21)30(31,32)33)38-29(41)22-12-19(14-35-15-22)5-6-20-16-37-28(34)27-25(20)4-3-10-36-27/h3-4,7-8,10,12-16,24H,9,11,17-18H2,1-2H3,(H2,34,37)(H,38,41)/t24-/m1/s1. The van der Waals surface area contributed by atoms with E-state index in [1.54, 1.807) is 18.5 Å². The monoisotopic (exact) mass is 559 g/mol. The number of anilines is 2. The quantitative estimate of drug-likeness (QED) is 0.350. The van der Waals surface area contributed by atoms with E-state index in [1.165, 1.54) is 30.6 Å². The minimum Gasteiger partial charge on any atom is -0.382 e. The van der Waals surface area contributed by atoms with Crippen LogP contribution in [-0.2, 0) is 12.7 Å². The summed E-state index contributed by atoms with van der Waals surface area (Å²) < 4.78 is 42.0. The topological polar surface area (TPSA) is 100 Å². The van der Waals surface area contributed by atoms with Crippen LogP contribution in [0.3, 0.4) is 0 Å². The number of hydrogen-bond acceptors (Lipinski definition) is 7. The van der Waals surface area contributed by atoms with Crippen molar-refractivity contribution in [1.29, 1.82) is 0 Å². The first-order valence-corrected chi connectivity index (χ1v) is 12.9. The second-order valence-electron chi connectivity index (χ2n) is 10.1. The Morgan fingerprint density at radius 1 is 1.15 bits per heavy atom. The number of nitrogens with two attached hydrogens (primary N) is 1. The van der Waals surface area contributed by atoms with E-state index in [2.05, 4.69) is 37.0 Å². The molecule has 0 aliphatic carbocycles. The molecule has 1 aliphatic heterocycles. The number of halogens is 3. The first-order chi connectivity index (χ1) is 19.6. The number of benzene rings is 1. The summed E-state index contributed by atoms with van der Waals surface area (Å²) in [4.78, 5) is 29.5. The lowest BCUT2D eigenvalue weighted by molar-refractivity contribution is -0.138. The smallest absolute Gasteiger partial charge is 0.382 e. The molecule has 8 nitrogen and oxygen atoms in total. The van der Waals surface area contributed by atoms with E-state index >= 15 is 0 Å². The minimum absolute atomic E-state index is 0.0436. The number of likely N-dealkylation sites (N-methyl/N-ethyl adjacent to an activating group) is 1. The van der Waals surface area contributed by atoms with Gasteiger partial charge in [0.15, 0.2) is 0 Å². The van der Waals surface area contributed by atoms with Crippen molar-refractivity contribution in [3.05, 3.63) is 89.0 Å². The lowest BCUT2D eigenvalue weighted by atomic mass is 10.0. The molecule has 4 aromatic rings. The Morgan fingerprint density at radius 2 is 1.98 bits per heavy atom. The zero-order valence-corrected chi connectivity index (χ0v) is 22.5. The van der Waals surface area contributed by atoms with Crippen LogP contribution in [0, 0.1) is 11.8 Å². The predicted octanol–water partition coefficient (Wildman–Crippen LogP) is 4.41. The molecule has 0 radical (unpaired) electrons. The summed E-state index contributed by atoms with van der Waals surface area (Å²) in [5.41, 5.74) is 7.09. The summed E-state index contributed by atoms with van der Waals surface area (Å²) in [6.45, 7) is 1.62. The molecule has 1 atom stereocenters. The fraction of sp³-hybridized carbons (Fsp3) is 0.267. The molecule has 11 heteroatoms. The highest BCUT2D eigenvalue weighted by Crippen LogP contribution is 2.35. The van der Waals surface area contributed by atoms with Crippen LogP contribution in [0.15, 0.2) is 61.2 Å². The van der Waals surface area contributed by atoms with Crippen molar-refractivity contribution in [3.8, 4) is 11.8 Å². The second-order valence-corrected chi connectivity index (χ2v) is 10.1. The minimum atomic E-state index is -4.57. The van der Waals surface area contributed by atoms with Gasteiger partial charge in [0.25, 0.3) is 5.91 Å². The molecule has 1 amide bonds. The number of alkyl halides is 3. The number of nitrogen functional groups attached to an aromatic ring is 1. The van der Waals surface area contributed by atoms with Gasteiger partial charge in [-0.3, -0.25) is 19.7 Å². The molecule has 3 N–H and O–H groups in total. The molecule has 3 aromatic heterocycles. The van der Waals surface area contributed by atoms with Crippen LogP contribution in [0.4, 0.5) is 24.7 Å². The second kappa shape index (κ2) is 11.5. The van der Waals surface area contributed by atoms with Crippen LogP contribution in [0.5, 0.6) is 0 Å². The van der Waals surface area contributed by atoms with Crippen molar-refractivity contribution in [2.75, 3.05) is 38.2 Å². The van der Waals surface area contributed by atoms with E-state index in [0.717, 1.165) is 24.4 Å². The number of aromatic nitrogens is 3. The fourth-order valence-corrected chi connectivity index (χ4v) is 4.84. The molecule has 1 aliphatic rings. The van der Waals surface area contributed by atoms with Crippen molar-refractivity contribution in [2.45, 2.75) is 25.2 Å². The third kappa shape index (κ3) is 6.45. The summed E-state index contributed by atoms with van der Waals surface area (Å²) in [5.74, 6) is 5.65. The highest BCUT2D eigenvalue weighted by atomic mass is 19.4. The first kappa shape index (κ1) is 28.0. The number of nitrogens with one attached hydrogen (secondary N) is 1. The van der Waals surface area contributed by atoms with E-state index < -0.39 is 17.6 Å². The maximum Gasteiger partial charge on any atom is 0.416 e. The highest BCUT2D eigenvalue weighted by Gasteiger charge is 2.35. The number of likely N-dealkylation sites (tertiary alicyclic amines) is 1. The Hall–Kier alpha value is -4.53. The van der Waals surface area contributed by atoms with Gasteiger partial charge in [-0.1, -0.05) is 17.9 Å². The van der Waals surface area contributed by atoms with Gasteiger partial charge in [0, 0.05) is 67.1 Å². The van der Waals surface area contributed by atoms with E-state index in [9.17, 15) is 18.0 Å². The van der Waals surface area contributed by atoms with E-state index in [-0.39, 0.29) is 23.4 Å². The van der Waals surface area contributed by atoms with Gasteiger partial charge in [0.1, 0.15) is 11.3 Å². The first-order valence-electron chi connectivity index (χ1n) is 12.9. The Bertz CT molecular complexity index is 1660. The number of fused-ring (bicyclic) bond motifs is 1. The van der Waals surface area contributed by atoms with E-state index in [1.807, 2.05) is 25.1 Å². The van der Waals surface area contributed by atoms with Gasteiger partial charge in [-0.05, 0) is 56.4 Å². The van der Waals surface area contributed by atoms with Crippen LogP contribution >= 0.6 is 0 Å². The molecule has 1 fully saturated rings. The number of nitrogens with zero attached hydrogens (tertiary/aromatic N) is 5. The van der Waals surface area contributed by atoms with E-state index in [4.69, 9.17) is 5.73 Å². The zero-order chi connectivity index (χ0) is 29.1. The largest absolute Gasteiger partial charge is 0.416 e. The van der Waals surface area contributed by atoms with Gasteiger partial charge in [-0.2, -0.15) is 13.2 Å². The number of pyridine rings is 3. The predicted molar refractivity (Wildman–Crippen MR) is 151 cm³/mol. The zero-order valence-electron chi connectivity index (χ0n) is 22.5. The molecule has 4 heterocycles. The molecule has 0 saturated carbocycles. The van der Waals surface area contributed by atoms with Crippen LogP contribution in [-0.4, -0.2) is 63.9 Å². The van der Waals surface area contributed by atoms with Crippen LogP contribution < -0.4 is 11.1 Å². The molecule has 41 heavy (non-hydrogen) atoms. The van der Waals surface area contributed by atoms with Crippen molar-refractivity contribution >= 4 is 28.3 Å². The van der Waals surface area contributed by atoms with Crippen LogP contribution in [0.25, 0.3) is 10.9 Å². The van der Waals surface area contributed by atoms with Gasteiger partial charge >= 0.3 is 6.18 Å². The molecule has 1 aromatic carbocycles. The summed E-state index contributed by atoms with van der Waals surface area (Å²) >= 11 is 0. The van der Waals surface area contributed by atoms with Gasteiger partial charge in [-0.25, -0.2) is 4.98 Å². The third-order valence-electron chi connectivity index (χ3n) is 7.06. The van der Waals surface area contributed by atoms with Crippen LogP contribution in [0.2, 0.25) is 0 Å². The Labute approximate surface area is 235 Å².